The highest BCUT2D eigenvalue weighted by Gasteiger charge is 2.36. The Kier molecular flexibility index (Phi) is 3.89. The summed E-state index contributed by atoms with van der Waals surface area (Å²) in [5.74, 6) is 0. The molecule has 4 heteroatoms. The first-order valence-corrected chi connectivity index (χ1v) is 7.82. The van der Waals surface area contributed by atoms with Crippen LogP contribution in [0.2, 0.25) is 0 Å². The summed E-state index contributed by atoms with van der Waals surface area (Å²) in [5.41, 5.74) is 7.45. The molecule has 3 rings (SSSR count). The Morgan fingerprint density at radius 2 is 2.21 bits per heavy atom. The second-order valence-electron chi connectivity index (χ2n) is 6.03. The molecule has 1 aromatic rings. The highest BCUT2D eigenvalue weighted by atomic mass is 15.2. The van der Waals surface area contributed by atoms with Gasteiger partial charge in [0.2, 0.25) is 0 Å². The van der Waals surface area contributed by atoms with Crippen molar-refractivity contribution < 1.29 is 0 Å². The molecule has 0 aliphatic heterocycles. The van der Waals surface area contributed by atoms with Crippen molar-refractivity contribution in [2.75, 3.05) is 13.1 Å². The van der Waals surface area contributed by atoms with Crippen molar-refractivity contribution >= 4 is 0 Å². The van der Waals surface area contributed by atoms with Crippen LogP contribution in [0, 0.1) is 0 Å². The molecule has 4 nitrogen and oxygen atoms in total. The van der Waals surface area contributed by atoms with Crippen LogP contribution in [0.4, 0.5) is 0 Å². The Balaban J connectivity index is 1.78. The summed E-state index contributed by atoms with van der Waals surface area (Å²) in [6, 6.07) is 1.82. The molecule has 19 heavy (non-hydrogen) atoms. The molecule has 2 fully saturated rings. The van der Waals surface area contributed by atoms with Crippen LogP contribution < -0.4 is 5.73 Å². The van der Waals surface area contributed by atoms with E-state index >= 15 is 0 Å². The largest absolute Gasteiger partial charge is 0.330 e. The smallest absolute Gasteiger partial charge is 0.0951 e. The highest BCUT2D eigenvalue weighted by Crippen LogP contribution is 2.39. The monoisotopic (exact) mass is 262 g/mol. The van der Waals surface area contributed by atoms with E-state index in [0.29, 0.717) is 18.6 Å². The van der Waals surface area contributed by atoms with Crippen molar-refractivity contribution in [1.29, 1.82) is 0 Å². The van der Waals surface area contributed by atoms with Crippen LogP contribution in [-0.4, -0.2) is 33.6 Å². The van der Waals surface area contributed by atoms with Gasteiger partial charge in [-0.1, -0.05) is 13.3 Å². The van der Waals surface area contributed by atoms with Crippen LogP contribution in [0.1, 0.15) is 63.2 Å². The van der Waals surface area contributed by atoms with Crippen molar-refractivity contribution in [3.05, 3.63) is 18.2 Å². The Hall–Kier alpha value is -0.870. The SMILES string of the molecule is CCCCN(C1CC1)C(CN)c1cncn1C1CC1. The number of hydrogen-bond acceptors (Lipinski definition) is 3. The van der Waals surface area contributed by atoms with E-state index in [4.69, 9.17) is 5.73 Å². The van der Waals surface area contributed by atoms with E-state index in [2.05, 4.69) is 21.4 Å². The molecule has 0 amide bonds. The predicted octanol–water partition coefficient (Wildman–Crippen LogP) is 2.48. The van der Waals surface area contributed by atoms with E-state index in [-0.39, 0.29) is 0 Å². The van der Waals surface area contributed by atoms with Gasteiger partial charge in [-0.2, -0.15) is 0 Å². The van der Waals surface area contributed by atoms with Crippen molar-refractivity contribution in [2.24, 2.45) is 5.73 Å². The molecule has 0 bridgehead atoms. The highest BCUT2D eigenvalue weighted by molar-refractivity contribution is 5.11. The molecule has 2 saturated carbocycles. The molecule has 1 heterocycles. The number of hydrogen-bond donors (Lipinski definition) is 1. The molecule has 1 aromatic heterocycles. The average Bonchev–Trinajstić information content (AvgIpc) is 3.34. The van der Waals surface area contributed by atoms with Crippen LogP contribution in [0.5, 0.6) is 0 Å². The van der Waals surface area contributed by atoms with Gasteiger partial charge in [-0.25, -0.2) is 4.98 Å². The normalized spacial score (nSPS) is 21.0. The van der Waals surface area contributed by atoms with Gasteiger partial charge in [0.25, 0.3) is 0 Å². The summed E-state index contributed by atoms with van der Waals surface area (Å²) in [6.45, 7) is 4.15. The fourth-order valence-electron chi connectivity index (χ4n) is 3.00. The lowest BCUT2D eigenvalue weighted by Crippen LogP contribution is -2.37. The third kappa shape index (κ3) is 2.84. The van der Waals surface area contributed by atoms with Gasteiger partial charge >= 0.3 is 0 Å². The standard InChI is InChI=1S/C15H26N4/c1-2-3-8-18(12-4-5-12)14(9-16)15-10-17-11-19(15)13-6-7-13/h10-14H,2-9,16H2,1H3. The maximum absolute atomic E-state index is 6.11. The third-order valence-electron chi connectivity index (χ3n) is 4.39. The van der Waals surface area contributed by atoms with Crippen LogP contribution in [0.3, 0.4) is 0 Å². The lowest BCUT2D eigenvalue weighted by molar-refractivity contribution is 0.181. The van der Waals surface area contributed by atoms with Gasteiger partial charge in [-0.05, 0) is 38.6 Å². The Morgan fingerprint density at radius 1 is 1.42 bits per heavy atom. The molecule has 0 spiro atoms. The van der Waals surface area contributed by atoms with Crippen molar-refractivity contribution in [2.45, 2.75) is 63.6 Å². The second kappa shape index (κ2) is 5.63. The van der Waals surface area contributed by atoms with Crippen LogP contribution in [0.25, 0.3) is 0 Å². The van der Waals surface area contributed by atoms with Gasteiger partial charge in [0.15, 0.2) is 0 Å². The number of unbranched alkanes of at least 4 members (excludes halogenated alkanes) is 1. The Bertz CT molecular complexity index is 406. The van der Waals surface area contributed by atoms with Crippen molar-refractivity contribution in [3.8, 4) is 0 Å². The van der Waals surface area contributed by atoms with Crippen molar-refractivity contribution in [1.82, 2.24) is 14.5 Å². The van der Waals surface area contributed by atoms with Crippen LogP contribution in [-0.2, 0) is 0 Å². The molecular formula is C15H26N4. The van der Waals surface area contributed by atoms with Gasteiger partial charge < -0.3 is 10.3 Å². The zero-order valence-corrected chi connectivity index (χ0v) is 12.0. The number of rotatable bonds is 8. The third-order valence-corrected chi connectivity index (χ3v) is 4.39. The fraction of sp³-hybridized carbons (Fsp3) is 0.800. The van der Waals surface area contributed by atoms with Gasteiger partial charge in [-0.3, -0.25) is 4.90 Å². The first-order chi connectivity index (χ1) is 9.35. The van der Waals surface area contributed by atoms with Crippen LogP contribution >= 0.6 is 0 Å². The molecule has 0 saturated heterocycles. The molecule has 1 atom stereocenters. The molecule has 2 aliphatic carbocycles. The first-order valence-electron chi connectivity index (χ1n) is 7.82. The maximum Gasteiger partial charge on any atom is 0.0951 e. The number of nitrogens with two attached hydrogens (primary N) is 1. The minimum Gasteiger partial charge on any atom is -0.330 e. The molecule has 0 aromatic carbocycles. The van der Waals surface area contributed by atoms with E-state index in [1.54, 1.807) is 0 Å². The Morgan fingerprint density at radius 3 is 2.79 bits per heavy atom. The minimum atomic E-state index is 0.363. The molecule has 106 valence electrons. The Labute approximate surface area is 116 Å². The van der Waals surface area contributed by atoms with Crippen LogP contribution in [0.15, 0.2) is 12.5 Å². The fourth-order valence-corrected chi connectivity index (χ4v) is 3.00. The van der Waals surface area contributed by atoms with Gasteiger partial charge in [0, 0.05) is 24.8 Å². The summed E-state index contributed by atoms with van der Waals surface area (Å²) in [7, 11) is 0. The molecule has 2 aliphatic rings. The molecule has 2 N–H and O–H groups in total. The molecule has 1 unspecified atom stereocenters. The summed E-state index contributed by atoms with van der Waals surface area (Å²) in [5, 5.41) is 0. The summed E-state index contributed by atoms with van der Waals surface area (Å²) in [6.07, 6.45) is 11.9. The van der Waals surface area contributed by atoms with Gasteiger partial charge in [0.1, 0.15) is 0 Å². The number of nitrogens with zero attached hydrogens (tertiary/aromatic N) is 3. The van der Waals surface area contributed by atoms with E-state index in [1.165, 1.54) is 50.8 Å². The zero-order chi connectivity index (χ0) is 13.2. The van der Waals surface area contributed by atoms with Gasteiger partial charge in [0.05, 0.1) is 18.1 Å². The average molecular weight is 262 g/mol. The topological polar surface area (TPSA) is 47.1 Å². The van der Waals surface area contributed by atoms with E-state index in [9.17, 15) is 0 Å². The second-order valence-corrected chi connectivity index (χ2v) is 6.03. The lowest BCUT2D eigenvalue weighted by Gasteiger charge is -2.31. The first kappa shape index (κ1) is 13.1. The quantitative estimate of drug-likeness (QED) is 0.783. The minimum absolute atomic E-state index is 0.363. The summed E-state index contributed by atoms with van der Waals surface area (Å²) < 4.78 is 2.37. The number of aromatic nitrogens is 2. The summed E-state index contributed by atoms with van der Waals surface area (Å²) in [4.78, 5) is 7.01. The van der Waals surface area contributed by atoms with E-state index in [1.807, 2.05) is 12.5 Å². The van der Waals surface area contributed by atoms with Crippen molar-refractivity contribution in [3.63, 3.8) is 0 Å². The molecule has 0 radical (unpaired) electrons. The predicted molar refractivity (Wildman–Crippen MR) is 76.9 cm³/mol. The number of imidazole rings is 1. The van der Waals surface area contributed by atoms with E-state index < -0.39 is 0 Å². The van der Waals surface area contributed by atoms with E-state index in [0.717, 1.165) is 6.04 Å². The zero-order valence-electron chi connectivity index (χ0n) is 12.0. The lowest BCUT2D eigenvalue weighted by atomic mass is 10.1. The maximum atomic E-state index is 6.11. The molecular weight excluding hydrogens is 236 g/mol. The summed E-state index contributed by atoms with van der Waals surface area (Å²) >= 11 is 0. The van der Waals surface area contributed by atoms with Gasteiger partial charge in [-0.15, -0.1) is 0 Å².